The minimum absolute atomic E-state index is 0.495. The summed E-state index contributed by atoms with van der Waals surface area (Å²) >= 11 is 0. The first-order valence-electron chi connectivity index (χ1n) is 7.86. The van der Waals surface area contributed by atoms with Crippen molar-refractivity contribution in [2.45, 2.75) is 45.2 Å². The largest absolute Gasteiger partial charge is 0.383 e. The zero-order chi connectivity index (χ0) is 14.1. The molecular formula is C15H33N3O. The Hall–Kier alpha value is -0.160. The fourth-order valence-electron chi connectivity index (χ4n) is 2.90. The molecular weight excluding hydrogens is 238 g/mol. The number of likely N-dealkylation sites (tertiary alicyclic amines) is 1. The number of nitrogens with zero attached hydrogens (tertiary/aromatic N) is 2. The van der Waals surface area contributed by atoms with Crippen molar-refractivity contribution in [2.75, 3.05) is 53.5 Å². The van der Waals surface area contributed by atoms with Crippen LogP contribution in [0.15, 0.2) is 0 Å². The Kier molecular flexibility index (Phi) is 8.62. The van der Waals surface area contributed by atoms with Crippen LogP contribution in [0.2, 0.25) is 0 Å². The Morgan fingerprint density at radius 1 is 1.32 bits per heavy atom. The van der Waals surface area contributed by atoms with Crippen molar-refractivity contribution in [3.05, 3.63) is 0 Å². The number of rotatable bonds is 9. The molecule has 1 heterocycles. The second-order valence-electron chi connectivity index (χ2n) is 5.64. The molecule has 0 amide bonds. The first kappa shape index (κ1) is 16.9. The van der Waals surface area contributed by atoms with Gasteiger partial charge in [0.25, 0.3) is 0 Å². The molecule has 0 spiro atoms. The molecule has 1 rings (SSSR count). The lowest BCUT2D eigenvalue weighted by Gasteiger charge is -2.40. The van der Waals surface area contributed by atoms with Crippen LogP contribution in [0.25, 0.3) is 0 Å². The highest BCUT2D eigenvalue weighted by atomic mass is 16.5. The summed E-state index contributed by atoms with van der Waals surface area (Å²) in [6.45, 7) is 11.1. The highest BCUT2D eigenvalue weighted by Crippen LogP contribution is 2.17. The molecule has 114 valence electrons. The molecule has 0 aromatic rings. The van der Waals surface area contributed by atoms with E-state index in [9.17, 15) is 0 Å². The Morgan fingerprint density at radius 2 is 2.00 bits per heavy atom. The predicted molar refractivity (Wildman–Crippen MR) is 81.7 cm³/mol. The van der Waals surface area contributed by atoms with Crippen molar-refractivity contribution >= 4 is 0 Å². The summed E-state index contributed by atoms with van der Waals surface area (Å²) in [5.74, 6) is 0. The van der Waals surface area contributed by atoms with Gasteiger partial charge in [-0.1, -0.05) is 13.8 Å². The number of ether oxygens (including phenoxy) is 1. The minimum Gasteiger partial charge on any atom is -0.383 e. The molecule has 19 heavy (non-hydrogen) atoms. The summed E-state index contributed by atoms with van der Waals surface area (Å²) < 4.78 is 5.40. The average molecular weight is 271 g/mol. The molecule has 0 aromatic heterocycles. The number of hydrogen-bond acceptors (Lipinski definition) is 4. The van der Waals surface area contributed by atoms with Gasteiger partial charge < -0.3 is 15.0 Å². The third-order valence-corrected chi connectivity index (χ3v) is 4.32. The van der Waals surface area contributed by atoms with Gasteiger partial charge >= 0.3 is 0 Å². The van der Waals surface area contributed by atoms with E-state index in [4.69, 9.17) is 4.74 Å². The maximum atomic E-state index is 5.40. The van der Waals surface area contributed by atoms with Gasteiger partial charge in [0.05, 0.1) is 6.61 Å². The second-order valence-corrected chi connectivity index (χ2v) is 5.64. The maximum absolute atomic E-state index is 5.40. The van der Waals surface area contributed by atoms with Crippen molar-refractivity contribution in [3.8, 4) is 0 Å². The summed E-state index contributed by atoms with van der Waals surface area (Å²) in [5, 5.41) is 3.53. The third-order valence-electron chi connectivity index (χ3n) is 4.32. The van der Waals surface area contributed by atoms with Gasteiger partial charge in [-0.2, -0.15) is 0 Å². The molecule has 1 saturated heterocycles. The lowest BCUT2D eigenvalue weighted by molar-refractivity contribution is 0.0522. The minimum atomic E-state index is 0.495. The van der Waals surface area contributed by atoms with E-state index in [0.717, 1.165) is 19.7 Å². The second kappa shape index (κ2) is 9.70. The molecule has 1 aliphatic heterocycles. The molecule has 1 fully saturated rings. The van der Waals surface area contributed by atoms with Gasteiger partial charge in [-0.05, 0) is 52.5 Å². The molecule has 4 heteroatoms. The third kappa shape index (κ3) is 5.78. The van der Waals surface area contributed by atoms with Crippen molar-refractivity contribution < 1.29 is 4.74 Å². The van der Waals surface area contributed by atoms with Crippen molar-refractivity contribution in [1.82, 2.24) is 15.1 Å². The number of nitrogens with one attached hydrogen (secondary N) is 1. The molecule has 1 N–H and O–H groups in total. The lowest BCUT2D eigenvalue weighted by Crippen LogP contribution is -2.51. The molecule has 0 saturated carbocycles. The fraction of sp³-hybridized carbons (Fsp3) is 1.00. The predicted octanol–water partition coefficient (Wildman–Crippen LogP) is 1.42. The lowest BCUT2D eigenvalue weighted by atomic mass is 10.0. The first-order valence-corrected chi connectivity index (χ1v) is 7.86. The van der Waals surface area contributed by atoms with E-state index in [0.29, 0.717) is 12.1 Å². The number of piperidine rings is 1. The van der Waals surface area contributed by atoms with Crippen LogP contribution in [0.4, 0.5) is 0 Å². The van der Waals surface area contributed by atoms with Crippen LogP contribution in [0.3, 0.4) is 0 Å². The molecule has 0 bridgehead atoms. The van der Waals surface area contributed by atoms with E-state index < -0.39 is 0 Å². The van der Waals surface area contributed by atoms with Crippen LogP contribution >= 0.6 is 0 Å². The molecule has 0 radical (unpaired) electrons. The van der Waals surface area contributed by atoms with Crippen LogP contribution < -0.4 is 5.32 Å². The Morgan fingerprint density at radius 3 is 2.53 bits per heavy atom. The van der Waals surface area contributed by atoms with Gasteiger partial charge in [0, 0.05) is 25.7 Å². The Labute approximate surface area is 119 Å². The quantitative estimate of drug-likeness (QED) is 0.642. The van der Waals surface area contributed by atoms with E-state index in [1.54, 1.807) is 7.11 Å². The maximum Gasteiger partial charge on any atom is 0.0630 e. The molecule has 1 atom stereocenters. The normalized spacial score (nSPS) is 20.1. The SMILES string of the molecule is CCCNCC(COC)N(C)C1CCN(CC)CC1. The standard InChI is InChI=1S/C15H33N3O/c1-5-9-16-12-15(13-19-4)17(3)14-7-10-18(6-2)11-8-14/h14-16H,5-13H2,1-4H3. The van der Waals surface area contributed by atoms with Crippen LogP contribution in [0, 0.1) is 0 Å². The zero-order valence-corrected chi connectivity index (χ0v) is 13.3. The Balaban J connectivity index is 2.39. The van der Waals surface area contributed by atoms with Gasteiger partial charge in [0.1, 0.15) is 0 Å². The first-order chi connectivity index (χ1) is 9.22. The summed E-state index contributed by atoms with van der Waals surface area (Å²) in [6, 6.07) is 1.21. The molecule has 1 unspecified atom stereocenters. The molecule has 1 aliphatic rings. The van der Waals surface area contributed by atoms with Crippen LogP contribution in [0.1, 0.15) is 33.1 Å². The smallest absolute Gasteiger partial charge is 0.0630 e. The van der Waals surface area contributed by atoms with Gasteiger partial charge in [-0.15, -0.1) is 0 Å². The monoisotopic (exact) mass is 271 g/mol. The van der Waals surface area contributed by atoms with Gasteiger partial charge in [-0.25, -0.2) is 0 Å². The summed E-state index contributed by atoms with van der Waals surface area (Å²) in [4.78, 5) is 5.09. The van der Waals surface area contributed by atoms with Gasteiger partial charge in [0.15, 0.2) is 0 Å². The fourth-order valence-corrected chi connectivity index (χ4v) is 2.90. The summed E-state index contributed by atoms with van der Waals surface area (Å²) in [5.41, 5.74) is 0. The van der Waals surface area contributed by atoms with Crippen LogP contribution in [0.5, 0.6) is 0 Å². The van der Waals surface area contributed by atoms with Gasteiger partial charge in [-0.3, -0.25) is 4.90 Å². The molecule has 0 aliphatic carbocycles. The number of methoxy groups -OCH3 is 1. The number of hydrogen-bond donors (Lipinski definition) is 1. The van der Waals surface area contributed by atoms with E-state index >= 15 is 0 Å². The topological polar surface area (TPSA) is 27.7 Å². The van der Waals surface area contributed by atoms with E-state index in [1.165, 1.54) is 38.9 Å². The van der Waals surface area contributed by atoms with E-state index in [2.05, 4.69) is 36.0 Å². The highest BCUT2D eigenvalue weighted by Gasteiger charge is 2.26. The van der Waals surface area contributed by atoms with E-state index in [-0.39, 0.29) is 0 Å². The molecule has 0 aromatic carbocycles. The van der Waals surface area contributed by atoms with Crippen molar-refractivity contribution in [3.63, 3.8) is 0 Å². The van der Waals surface area contributed by atoms with Crippen molar-refractivity contribution in [1.29, 1.82) is 0 Å². The van der Waals surface area contributed by atoms with Crippen molar-refractivity contribution in [2.24, 2.45) is 0 Å². The van der Waals surface area contributed by atoms with Crippen LogP contribution in [-0.2, 0) is 4.74 Å². The summed E-state index contributed by atoms with van der Waals surface area (Å²) in [7, 11) is 4.07. The summed E-state index contributed by atoms with van der Waals surface area (Å²) in [6.07, 6.45) is 3.77. The number of likely N-dealkylation sites (N-methyl/N-ethyl adjacent to an activating group) is 1. The average Bonchev–Trinajstić information content (AvgIpc) is 2.46. The van der Waals surface area contributed by atoms with Gasteiger partial charge in [0.2, 0.25) is 0 Å². The highest BCUT2D eigenvalue weighted by molar-refractivity contribution is 4.83. The van der Waals surface area contributed by atoms with Crippen LogP contribution in [-0.4, -0.2) is 75.4 Å². The van der Waals surface area contributed by atoms with E-state index in [1.807, 2.05) is 0 Å². The zero-order valence-electron chi connectivity index (χ0n) is 13.3. The Bertz CT molecular complexity index is 217. The molecule has 4 nitrogen and oxygen atoms in total.